The summed E-state index contributed by atoms with van der Waals surface area (Å²) in [6, 6.07) is 7.21. The van der Waals surface area contributed by atoms with Crippen molar-refractivity contribution in [2.24, 2.45) is 0 Å². The second-order valence-electron chi connectivity index (χ2n) is 3.12. The van der Waals surface area contributed by atoms with Crippen molar-refractivity contribution < 1.29 is 9.53 Å². The topological polar surface area (TPSA) is 39.2 Å². The van der Waals surface area contributed by atoms with Crippen LogP contribution in [-0.2, 0) is 4.74 Å². The number of pyridine rings is 1. The second-order valence-corrected chi connectivity index (χ2v) is 4.36. The zero-order valence-electron chi connectivity index (χ0n) is 8.33. The molecular weight excluding hydrogens is 293 g/mol. The lowest BCUT2D eigenvalue weighted by Gasteiger charge is -2.06. The minimum absolute atomic E-state index is 0.228. The Hall–Kier alpha value is -1.13. The molecule has 5 heteroatoms. The first-order valence-corrected chi connectivity index (χ1v) is 5.63. The summed E-state index contributed by atoms with van der Waals surface area (Å²) < 4.78 is 5.52. The Kier molecular flexibility index (Phi) is 3.12. The number of methoxy groups -OCH3 is 1. The molecule has 1 heterocycles. The Balaban J connectivity index is 2.83. The van der Waals surface area contributed by atoms with Crippen molar-refractivity contribution in [3.63, 3.8) is 0 Å². The van der Waals surface area contributed by atoms with Crippen LogP contribution in [0, 0.1) is 0 Å². The first-order valence-electron chi connectivity index (χ1n) is 4.46. The molecule has 0 aliphatic rings. The van der Waals surface area contributed by atoms with Crippen LogP contribution in [-0.4, -0.2) is 18.1 Å². The minimum atomic E-state index is -0.495. The first kappa shape index (κ1) is 11.4. The lowest BCUT2D eigenvalue weighted by Crippen LogP contribution is -2.05. The van der Waals surface area contributed by atoms with E-state index in [1.807, 2.05) is 12.1 Å². The van der Waals surface area contributed by atoms with Gasteiger partial charge in [0.1, 0.15) is 5.15 Å². The third-order valence-corrected chi connectivity index (χ3v) is 3.05. The van der Waals surface area contributed by atoms with Crippen LogP contribution in [0.1, 0.15) is 10.5 Å². The largest absolute Gasteiger partial charge is 0.464 e. The van der Waals surface area contributed by atoms with Gasteiger partial charge in [-0.2, -0.15) is 0 Å². The van der Waals surface area contributed by atoms with Crippen molar-refractivity contribution in [3.05, 3.63) is 39.6 Å². The van der Waals surface area contributed by atoms with Crippen LogP contribution in [0.5, 0.6) is 0 Å². The van der Waals surface area contributed by atoms with Crippen molar-refractivity contribution >= 4 is 44.3 Å². The molecule has 2 rings (SSSR count). The Morgan fingerprint density at radius 2 is 2.19 bits per heavy atom. The van der Waals surface area contributed by atoms with E-state index in [0.717, 1.165) is 9.86 Å². The summed E-state index contributed by atoms with van der Waals surface area (Å²) in [5.74, 6) is -0.495. The fourth-order valence-electron chi connectivity index (χ4n) is 1.46. The van der Waals surface area contributed by atoms with Crippen LogP contribution >= 0.6 is 27.5 Å². The van der Waals surface area contributed by atoms with Gasteiger partial charge in [-0.3, -0.25) is 0 Å². The third-order valence-electron chi connectivity index (χ3n) is 2.17. The average Bonchev–Trinajstić information content (AvgIpc) is 2.28. The molecule has 0 bridgehead atoms. The number of aromatic nitrogens is 1. The normalized spacial score (nSPS) is 10.4. The maximum atomic E-state index is 11.5. The summed E-state index contributed by atoms with van der Waals surface area (Å²) in [5.41, 5.74) is 0.228. The highest BCUT2D eigenvalue weighted by atomic mass is 79.9. The summed E-state index contributed by atoms with van der Waals surface area (Å²) in [7, 11) is 1.31. The predicted octanol–water partition coefficient (Wildman–Crippen LogP) is 3.44. The number of benzene rings is 1. The van der Waals surface area contributed by atoms with Gasteiger partial charge in [0.25, 0.3) is 0 Å². The molecule has 0 atom stereocenters. The van der Waals surface area contributed by atoms with Crippen molar-refractivity contribution in [2.75, 3.05) is 7.11 Å². The number of rotatable bonds is 1. The number of halogens is 2. The molecule has 0 unspecified atom stereocenters. The molecule has 1 aromatic heterocycles. The summed E-state index contributed by atoms with van der Waals surface area (Å²) in [6.07, 6.45) is 0. The molecule has 0 fully saturated rings. The highest BCUT2D eigenvalue weighted by Crippen LogP contribution is 2.28. The smallest absolute Gasteiger partial charge is 0.357 e. The number of carbonyl (C=O) groups excluding carboxylic acids is 1. The number of nitrogens with zero attached hydrogens (tertiary/aromatic N) is 1. The van der Waals surface area contributed by atoms with E-state index in [9.17, 15) is 4.79 Å². The molecule has 0 saturated carbocycles. The van der Waals surface area contributed by atoms with E-state index in [1.54, 1.807) is 12.1 Å². The fraction of sp³-hybridized carbons (Fsp3) is 0.0909. The number of carbonyl (C=O) groups is 1. The van der Waals surface area contributed by atoms with Crippen molar-refractivity contribution in [3.8, 4) is 0 Å². The number of ether oxygens (including phenoxy) is 1. The molecule has 0 radical (unpaired) electrons. The van der Waals surface area contributed by atoms with Gasteiger partial charge in [-0.05, 0) is 12.1 Å². The van der Waals surface area contributed by atoms with Gasteiger partial charge in [0.15, 0.2) is 5.69 Å². The average molecular weight is 301 g/mol. The number of hydrogen-bond acceptors (Lipinski definition) is 3. The Labute approximate surface area is 106 Å². The summed E-state index contributed by atoms with van der Waals surface area (Å²) in [4.78, 5) is 15.5. The van der Waals surface area contributed by atoms with Gasteiger partial charge in [0.05, 0.1) is 7.11 Å². The summed E-state index contributed by atoms with van der Waals surface area (Å²) in [6.45, 7) is 0. The van der Waals surface area contributed by atoms with Crippen molar-refractivity contribution in [2.45, 2.75) is 0 Å². The van der Waals surface area contributed by atoms with Crippen LogP contribution in [0.4, 0.5) is 0 Å². The monoisotopic (exact) mass is 299 g/mol. The highest BCUT2D eigenvalue weighted by molar-refractivity contribution is 9.10. The van der Waals surface area contributed by atoms with E-state index < -0.39 is 5.97 Å². The van der Waals surface area contributed by atoms with E-state index in [-0.39, 0.29) is 10.8 Å². The first-order chi connectivity index (χ1) is 7.63. The summed E-state index contributed by atoms with van der Waals surface area (Å²) >= 11 is 9.25. The zero-order chi connectivity index (χ0) is 11.7. The Morgan fingerprint density at radius 1 is 1.44 bits per heavy atom. The molecule has 0 aliphatic carbocycles. The van der Waals surface area contributed by atoms with Gasteiger partial charge in [-0.1, -0.05) is 39.7 Å². The molecule has 16 heavy (non-hydrogen) atoms. The van der Waals surface area contributed by atoms with E-state index >= 15 is 0 Å². The summed E-state index contributed by atoms with van der Waals surface area (Å²) in [5, 5.41) is 1.81. The van der Waals surface area contributed by atoms with E-state index in [0.29, 0.717) is 5.39 Å². The van der Waals surface area contributed by atoms with Gasteiger partial charge in [0.2, 0.25) is 0 Å². The van der Waals surface area contributed by atoms with Gasteiger partial charge in [-0.15, -0.1) is 0 Å². The third kappa shape index (κ3) is 1.90. The van der Waals surface area contributed by atoms with Gasteiger partial charge in [-0.25, -0.2) is 9.78 Å². The van der Waals surface area contributed by atoms with Crippen LogP contribution < -0.4 is 0 Å². The zero-order valence-corrected chi connectivity index (χ0v) is 10.7. The fourth-order valence-corrected chi connectivity index (χ4v) is 2.14. The molecule has 3 nitrogen and oxygen atoms in total. The molecule has 1 aromatic carbocycles. The molecule has 2 aromatic rings. The number of hydrogen-bond donors (Lipinski definition) is 0. The van der Waals surface area contributed by atoms with Gasteiger partial charge >= 0.3 is 5.97 Å². The van der Waals surface area contributed by atoms with Crippen molar-refractivity contribution in [1.29, 1.82) is 0 Å². The van der Waals surface area contributed by atoms with Crippen molar-refractivity contribution in [1.82, 2.24) is 4.98 Å². The standard InChI is InChI=1S/C11H7BrClNO2/c1-16-11(15)10-6-3-2-4-8(12)7(6)5-9(13)14-10/h2-5H,1H3. The molecule has 0 saturated heterocycles. The molecule has 0 N–H and O–H groups in total. The highest BCUT2D eigenvalue weighted by Gasteiger charge is 2.14. The Bertz CT molecular complexity index is 571. The predicted molar refractivity (Wildman–Crippen MR) is 65.8 cm³/mol. The molecule has 0 aliphatic heterocycles. The lowest BCUT2D eigenvalue weighted by atomic mass is 10.1. The quantitative estimate of drug-likeness (QED) is 0.598. The van der Waals surface area contributed by atoms with E-state index in [1.165, 1.54) is 7.11 Å². The molecule has 0 amide bonds. The van der Waals surface area contributed by atoms with E-state index in [2.05, 4.69) is 25.7 Å². The SMILES string of the molecule is COC(=O)c1nc(Cl)cc2c(Br)cccc12. The van der Waals surface area contributed by atoms with Crippen LogP contribution in [0.2, 0.25) is 5.15 Å². The molecule has 0 spiro atoms. The van der Waals surface area contributed by atoms with Crippen LogP contribution in [0.25, 0.3) is 10.8 Å². The molecule has 82 valence electrons. The van der Waals surface area contributed by atoms with Gasteiger partial charge in [0, 0.05) is 15.2 Å². The maximum Gasteiger partial charge on any atom is 0.357 e. The number of fused-ring (bicyclic) bond motifs is 1. The van der Waals surface area contributed by atoms with Gasteiger partial charge < -0.3 is 4.74 Å². The van der Waals surface area contributed by atoms with E-state index in [4.69, 9.17) is 11.6 Å². The Morgan fingerprint density at radius 3 is 2.88 bits per heavy atom. The van der Waals surface area contributed by atoms with Crippen LogP contribution in [0.15, 0.2) is 28.7 Å². The van der Waals surface area contributed by atoms with Crippen LogP contribution in [0.3, 0.4) is 0 Å². The number of esters is 1. The lowest BCUT2D eigenvalue weighted by molar-refractivity contribution is 0.0596. The minimum Gasteiger partial charge on any atom is -0.464 e. The molecular formula is C11H7BrClNO2. The maximum absolute atomic E-state index is 11.5. The second kappa shape index (κ2) is 4.39.